The number of esters is 3. The molecule has 0 aliphatic rings. The Morgan fingerprint density at radius 1 is 0.256 bits per heavy atom. The van der Waals surface area contributed by atoms with E-state index in [2.05, 4.69) is 93.7 Å². The highest BCUT2D eigenvalue weighted by atomic mass is 16.6. The zero-order valence-corrected chi connectivity index (χ0v) is 54.8. The van der Waals surface area contributed by atoms with Gasteiger partial charge in [-0.15, -0.1) is 0 Å². The summed E-state index contributed by atoms with van der Waals surface area (Å²) in [7, 11) is 0. The van der Waals surface area contributed by atoms with Gasteiger partial charge in [-0.25, -0.2) is 0 Å². The van der Waals surface area contributed by atoms with E-state index >= 15 is 0 Å². The van der Waals surface area contributed by atoms with Crippen molar-refractivity contribution in [3.05, 3.63) is 72.9 Å². The Balaban J connectivity index is 4.36. The molecule has 1 atom stereocenters. The van der Waals surface area contributed by atoms with Gasteiger partial charge in [0.25, 0.3) is 0 Å². The summed E-state index contributed by atoms with van der Waals surface area (Å²) in [5.74, 6) is -0.858. The number of hydrogen-bond donors (Lipinski definition) is 0. The first kappa shape index (κ1) is 78.8. The maximum absolute atomic E-state index is 13.0. The van der Waals surface area contributed by atoms with Crippen LogP contribution in [0.1, 0.15) is 374 Å². The first-order valence-electron chi connectivity index (χ1n) is 35.9. The van der Waals surface area contributed by atoms with Crippen LogP contribution in [0.3, 0.4) is 0 Å². The van der Waals surface area contributed by atoms with Crippen LogP contribution in [0.15, 0.2) is 72.9 Å². The van der Waals surface area contributed by atoms with Crippen molar-refractivity contribution >= 4 is 17.9 Å². The molecule has 0 N–H and O–H groups in total. The summed E-state index contributed by atoms with van der Waals surface area (Å²) in [5.41, 5.74) is 0. The standard InChI is InChI=1S/C76H136O6/c1-4-7-10-13-16-19-22-25-28-31-34-37-38-40-42-45-48-51-54-57-60-63-66-69-75(78)81-72-73(71-80-74(77)68-65-62-59-56-53-50-47-44-41-36-33-30-27-24-21-18-15-12-9-6-3)82-76(79)70-67-64-61-58-55-52-49-46-43-39-35-32-29-26-23-20-17-14-11-8-5-2/h7,10,16,19,23,25-26,28,32,34-35,37,73H,4-6,8-9,11-15,17-18,20-22,24,27,29-31,33,36,38-72H2,1-3H3/b10-7-,19-16-,26-23-,28-25-,35-32-,37-34-. The predicted octanol–water partition coefficient (Wildman–Crippen LogP) is 24.8. The topological polar surface area (TPSA) is 78.9 Å². The molecular formula is C76H136O6. The van der Waals surface area contributed by atoms with Crippen LogP contribution in [0.5, 0.6) is 0 Å². The van der Waals surface area contributed by atoms with Crippen molar-refractivity contribution in [1.82, 2.24) is 0 Å². The second-order valence-electron chi connectivity index (χ2n) is 24.1. The van der Waals surface area contributed by atoms with Gasteiger partial charge in [0.1, 0.15) is 13.2 Å². The minimum Gasteiger partial charge on any atom is -0.462 e. The lowest BCUT2D eigenvalue weighted by Crippen LogP contribution is -2.30. The van der Waals surface area contributed by atoms with E-state index in [1.165, 1.54) is 244 Å². The number of hydrogen-bond acceptors (Lipinski definition) is 6. The first-order chi connectivity index (χ1) is 40.5. The molecule has 0 saturated carbocycles. The molecule has 0 aromatic carbocycles. The molecule has 0 spiro atoms. The summed E-state index contributed by atoms with van der Waals surface area (Å²) in [6, 6.07) is 0. The lowest BCUT2D eigenvalue weighted by atomic mass is 10.0. The molecule has 0 aliphatic heterocycles. The average Bonchev–Trinajstić information content (AvgIpc) is 3.47. The monoisotopic (exact) mass is 1150 g/mol. The quantitative estimate of drug-likeness (QED) is 0.0261. The van der Waals surface area contributed by atoms with E-state index in [0.717, 1.165) is 89.9 Å². The highest BCUT2D eigenvalue weighted by molar-refractivity contribution is 5.71. The molecule has 0 aliphatic carbocycles. The molecule has 0 rings (SSSR count). The van der Waals surface area contributed by atoms with E-state index in [-0.39, 0.29) is 31.1 Å². The number of ether oxygens (including phenoxy) is 3. The zero-order valence-electron chi connectivity index (χ0n) is 54.8. The van der Waals surface area contributed by atoms with Crippen LogP contribution in [0.4, 0.5) is 0 Å². The molecule has 6 nitrogen and oxygen atoms in total. The fourth-order valence-electron chi connectivity index (χ4n) is 10.6. The third-order valence-electron chi connectivity index (χ3n) is 15.9. The normalized spacial score (nSPS) is 12.5. The summed E-state index contributed by atoms with van der Waals surface area (Å²) in [6.07, 6.45) is 92.1. The minimum absolute atomic E-state index is 0.0741. The van der Waals surface area contributed by atoms with Gasteiger partial charge >= 0.3 is 17.9 Å². The van der Waals surface area contributed by atoms with Gasteiger partial charge in [0, 0.05) is 19.3 Å². The lowest BCUT2D eigenvalue weighted by molar-refractivity contribution is -0.167. The van der Waals surface area contributed by atoms with E-state index in [9.17, 15) is 14.4 Å². The predicted molar refractivity (Wildman–Crippen MR) is 358 cm³/mol. The number of rotatable bonds is 66. The Kier molecular flexibility index (Phi) is 67.6. The van der Waals surface area contributed by atoms with Crippen molar-refractivity contribution in [2.24, 2.45) is 0 Å². The van der Waals surface area contributed by atoms with Crippen molar-refractivity contribution in [2.45, 2.75) is 380 Å². The van der Waals surface area contributed by atoms with Crippen molar-refractivity contribution in [3.8, 4) is 0 Å². The Hall–Kier alpha value is -3.15. The van der Waals surface area contributed by atoms with Crippen LogP contribution in [0.2, 0.25) is 0 Å². The molecule has 0 saturated heterocycles. The molecule has 82 heavy (non-hydrogen) atoms. The molecule has 6 heteroatoms. The van der Waals surface area contributed by atoms with Crippen LogP contribution in [-0.2, 0) is 28.6 Å². The van der Waals surface area contributed by atoms with E-state index in [1.807, 2.05) is 0 Å². The third-order valence-corrected chi connectivity index (χ3v) is 15.9. The van der Waals surface area contributed by atoms with Gasteiger partial charge in [-0.1, -0.05) is 338 Å². The maximum Gasteiger partial charge on any atom is 0.306 e. The summed E-state index contributed by atoms with van der Waals surface area (Å²) in [6.45, 7) is 6.58. The number of carbonyl (C=O) groups excluding carboxylic acids is 3. The summed E-state index contributed by atoms with van der Waals surface area (Å²) in [5, 5.41) is 0. The molecule has 0 radical (unpaired) electrons. The molecule has 0 fully saturated rings. The van der Waals surface area contributed by atoms with Gasteiger partial charge in [0.15, 0.2) is 6.10 Å². The van der Waals surface area contributed by atoms with Gasteiger partial charge in [-0.3, -0.25) is 14.4 Å². The number of carbonyl (C=O) groups is 3. The fourth-order valence-corrected chi connectivity index (χ4v) is 10.6. The van der Waals surface area contributed by atoms with E-state index < -0.39 is 6.10 Å². The SMILES string of the molecule is CC/C=C\C/C=C\C/C=C\C/C=C\CCCCCCCCCCCCC(=O)OCC(COC(=O)CCCCCCCCCCCCCCCCCCCCCC)OC(=O)CCCCCCCCCCC/C=C\C/C=C\CCCCCCC. The molecule has 0 heterocycles. The van der Waals surface area contributed by atoms with Gasteiger partial charge < -0.3 is 14.2 Å². The average molecular weight is 1150 g/mol. The molecule has 1 unspecified atom stereocenters. The summed E-state index contributed by atoms with van der Waals surface area (Å²) in [4.78, 5) is 38.5. The van der Waals surface area contributed by atoms with Crippen LogP contribution < -0.4 is 0 Å². The van der Waals surface area contributed by atoms with Crippen molar-refractivity contribution in [2.75, 3.05) is 13.2 Å². The fraction of sp³-hybridized carbons (Fsp3) is 0.803. The largest absolute Gasteiger partial charge is 0.462 e. The smallest absolute Gasteiger partial charge is 0.306 e. The van der Waals surface area contributed by atoms with Crippen LogP contribution in [0.25, 0.3) is 0 Å². The van der Waals surface area contributed by atoms with Crippen LogP contribution >= 0.6 is 0 Å². The van der Waals surface area contributed by atoms with Crippen molar-refractivity contribution < 1.29 is 28.6 Å². The Labute approximate surface area is 510 Å². The first-order valence-corrected chi connectivity index (χ1v) is 35.9. The van der Waals surface area contributed by atoms with Gasteiger partial charge in [-0.05, 0) is 89.9 Å². The minimum atomic E-state index is -0.780. The molecule has 0 amide bonds. The summed E-state index contributed by atoms with van der Waals surface area (Å²) < 4.78 is 17.0. The molecular weight excluding hydrogens is 1010 g/mol. The summed E-state index contributed by atoms with van der Waals surface area (Å²) >= 11 is 0. The van der Waals surface area contributed by atoms with Crippen molar-refractivity contribution in [1.29, 1.82) is 0 Å². The Bertz CT molecular complexity index is 1500. The Morgan fingerprint density at radius 2 is 0.476 bits per heavy atom. The molecule has 0 aromatic rings. The van der Waals surface area contributed by atoms with E-state index in [0.29, 0.717) is 19.3 Å². The third kappa shape index (κ3) is 67.6. The lowest BCUT2D eigenvalue weighted by Gasteiger charge is -2.18. The van der Waals surface area contributed by atoms with Crippen molar-refractivity contribution in [3.63, 3.8) is 0 Å². The molecule has 0 bridgehead atoms. The molecule has 476 valence electrons. The maximum atomic E-state index is 13.0. The Morgan fingerprint density at radius 3 is 0.744 bits per heavy atom. The van der Waals surface area contributed by atoms with E-state index in [4.69, 9.17) is 14.2 Å². The second-order valence-corrected chi connectivity index (χ2v) is 24.1. The van der Waals surface area contributed by atoms with Gasteiger partial charge in [0.05, 0.1) is 0 Å². The highest BCUT2D eigenvalue weighted by Crippen LogP contribution is 2.18. The van der Waals surface area contributed by atoms with Gasteiger partial charge in [-0.2, -0.15) is 0 Å². The second kappa shape index (κ2) is 70.3. The van der Waals surface area contributed by atoms with Crippen LogP contribution in [-0.4, -0.2) is 37.2 Å². The zero-order chi connectivity index (χ0) is 59.2. The van der Waals surface area contributed by atoms with Crippen LogP contribution in [0, 0.1) is 0 Å². The number of unbranched alkanes of at least 4 members (excludes halogenated alkanes) is 43. The van der Waals surface area contributed by atoms with E-state index in [1.54, 1.807) is 0 Å². The number of allylic oxidation sites excluding steroid dienone is 12. The highest BCUT2D eigenvalue weighted by Gasteiger charge is 2.19. The molecule has 0 aromatic heterocycles. The van der Waals surface area contributed by atoms with Gasteiger partial charge in [0.2, 0.25) is 0 Å².